The highest BCUT2D eigenvalue weighted by molar-refractivity contribution is 6.35. The van der Waals surface area contributed by atoms with Crippen molar-refractivity contribution >= 4 is 23.4 Å². The van der Waals surface area contributed by atoms with Crippen LogP contribution < -0.4 is 10.6 Å². The van der Waals surface area contributed by atoms with E-state index in [1.807, 2.05) is 37.3 Å². The molecule has 0 heterocycles. The van der Waals surface area contributed by atoms with Gasteiger partial charge >= 0.3 is 11.8 Å². The minimum absolute atomic E-state index is 0.180. The molecule has 0 fully saturated rings. The molecule has 0 radical (unpaired) electrons. The minimum Gasteiger partial charge on any atom is -0.388 e. The van der Waals surface area contributed by atoms with Crippen LogP contribution in [0.25, 0.3) is 0 Å². The molecule has 2 aromatic carbocycles. The van der Waals surface area contributed by atoms with Gasteiger partial charge in [-0.15, -0.1) is 0 Å². The maximum atomic E-state index is 11.9. The molecule has 2 atom stereocenters. The van der Waals surface area contributed by atoms with Crippen LogP contribution in [0.15, 0.2) is 54.6 Å². The van der Waals surface area contributed by atoms with Gasteiger partial charge in [0.2, 0.25) is 0 Å². The summed E-state index contributed by atoms with van der Waals surface area (Å²) in [6, 6.07) is 16.0. The van der Waals surface area contributed by atoms with E-state index in [9.17, 15) is 14.7 Å². The molecule has 0 bridgehead atoms. The van der Waals surface area contributed by atoms with Crippen LogP contribution in [0.4, 0.5) is 0 Å². The van der Waals surface area contributed by atoms with E-state index in [4.69, 9.17) is 11.6 Å². The Morgan fingerprint density at radius 1 is 1.04 bits per heavy atom. The van der Waals surface area contributed by atoms with Crippen LogP contribution in [-0.4, -0.2) is 23.5 Å². The molecule has 0 spiro atoms. The van der Waals surface area contributed by atoms with Crippen LogP contribution in [0.5, 0.6) is 0 Å². The molecule has 6 heteroatoms. The summed E-state index contributed by atoms with van der Waals surface area (Å²) in [6.07, 6.45) is -0.474. The maximum absolute atomic E-state index is 11.9. The summed E-state index contributed by atoms with van der Waals surface area (Å²) in [6.45, 7) is 1.99. The van der Waals surface area contributed by atoms with Crippen molar-refractivity contribution in [2.24, 2.45) is 0 Å². The van der Waals surface area contributed by atoms with Gasteiger partial charge in [-0.1, -0.05) is 54.1 Å². The fourth-order valence-corrected chi connectivity index (χ4v) is 2.57. The first kappa shape index (κ1) is 19.0. The summed E-state index contributed by atoms with van der Waals surface area (Å²) in [5.41, 5.74) is 1.59. The molecular weight excluding hydrogens is 340 g/mol. The molecule has 3 N–H and O–H groups in total. The predicted octanol–water partition coefficient (Wildman–Crippen LogP) is 2.76. The van der Waals surface area contributed by atoms with Crippen LogP contribution in [0.2, 0.25) is 5.02 Å². The summed E-state index contributed by atoms with van der Waals surface area (Å²) < 4.78 is 0. The quantitative estimate of drug-likeness (QED) is 0.693. The van der Waals surface area contributed by atoms with E-state index in [0.29, 0.717) is 10.6 Å². The number of amides is 2. The van der Waals surface area contributed by atoms with E-state index in [1.165, 1.54) is 0 Å². The highest BCUT2D eigenvalue weighted by Crippen LogP contribution is 2.19. The molecule has 25 heavy (non-hydrogen) atoms. The highest BCUT2D eigenvalue weighted by Gasteiger charge is 2.17. The number of benzene rings is 2. The van der Waals surface area contributed by atoms with Crippen LogP contribution in [0, 0.1) is 0 Å². The SMILES string of the molecule is C[C@@H](NC(=O)C(=O)NCC[C@@H](O)c1cccc(Cl)c1)c1ccccc1. The fourth-order valence-electron chi connectivity index (χ4n) is 2.37. The van der Waals surface area contributed by atoms with Gasteiger partial charge in [0.1, 0.15) is 0 Å². The minimum atomic E-state index is -0.759. The number of hydrogen-bond acceptors (Lipinski definition) is 3. The first-order valence-electron chi connectivity index (χ1n) is 8.04. The van der Waals surface area contributed by atoms with Crippen LogP contribution >= 0.6 is 11.6 Å². The third-order valence-electron chi connectivity index (χ3n) is 3.79. The van der Waals surface area contributed by atoms with E-state index in [2.05, 4.69) is 10.6 Å². The molecule has 0 saturated heterocycles. The number of carbonyl (C=O) groups excluding carboxylic acids is 2. The Labute approximate surface area is 152 Å². The number of aliphatic hydroxyl groups is 1. The molecule has 5 nitrogen and oxygen atoms in total. The summed E-state index contributed by atoms with van der Waals surface area (Å²) in [7, 11) is 0. The third kappa shape index (κ3) is 5.89. The number of rotatable bonds is 6. The van der Waals surface area contributed by atoms with Crippen molar-refractivity contribution in [2.75, 3.05) is 6.54 Å². The van der Waals surface area contributed by atoms with Gasteiger partial charge in [-0.05, 0) is 36.6 Å². The van der Waals surface area contributed by atoms with Gasteiger partial charge in [0, 0.05) is 11.6 Å². The van der Waals surface area contributed by atoms with Gasteiger partial charge in [0.05, 0.1) is 12.1 Å². The second-order valence-corrected chi connectivity index (χ2v) is 6.16. The van der Waals surface area contributed by atoms with Crippen molar-refractivity contribution in [1.29, 1.82) is 0 Å². The highest BCUT2D eigenvalue weighted by atomic mass is 35.5. The normalized spacial score (nSPS) is 12.9. The molecule has 0 saturated carbocycles. The average Bonchev–Trinajstić information content (AvgIpc) is 2.62. The molecule has 0 unspecified atom stereocenters. The largest absolute Gasteiger partial charge is 0.388 e. The van der Waals surface area contributed by atoms with E-state index in [0.717, 1.165) is 5.56 Å². The van der Waals surface area contributed by atoms with Crippen molar-refractivity contribution in [3.8, 4) is 0 Å². The first-order chi connectivity index (χ1) is 12.0. The van der Waals surface area contributed by atoms with Gasteiger partial charge < -0.3 is 15.7 Å². The standard InChI is InChI=1S/C19H21ClN2O3/c1-13(14-6-3-2-4-7-14)22-19(25)18(24)21-11-10-17(23)15-8-5-9-16(20)12-15/h2-9,12-13,17,23H,10-11H2,1H3,(H,21,24)(H,22,25)/t13-,17-/m1/s1. The van der Waals surface area contributed by atoms with Crippen molar-refractivity contribution < 1.29 is 14.7 Å². The van der Waals surface area contributed by atoms with Gasteiger partial charge in [0.25, 0.3) is 0 Å². The van der Waals surface area contributed by atoms with Crippen molar-refractivity contribution in [2.45, 2.75) is 25.5 Å². The zero-order valence-corrected chi connectivity index (χ0v) is 14.7. The van der Waals surface area contributed by atoms with E-state index >= 15 is 0 Å². The van der Waals surface area contributed by atoms with Crippen LogP contribution in [0.1, 0.15) is 36.6 Å². The van der Waals surface area contributed by atoms with Gasteiger partial charge in [-0.25, -0.2) is 0 Å². The molecular formula is C19H21ClN2O3. The van der Waals surface area contributed by atoms with Crippen molar-refractivity contribution in [3.63, 3.8) is 0 Å². The lowest BCUT2D eigenvalue weighted by Gasteiger charge is -2.15. The zero-order valence-electron chi connectivity index (χ0n) is 13.9. The van der Waals surface area contributed by atoms with Crippen molar-refractivity contribution in [1.82, 2.24) is 10.6 Å². The predicted molar refractivity (Wildman–Crippen MR) is 97.0 cm³/mol. The zero-order chi connectivity index (χ0) is 18.2. The molecule has 2 rings (SSSR count). The molecule has 0 aliphatic rings. The van der Waals surface area contributed by atoms with Crippen LogP contribution in [-0.2, 0) is 9.59 Å². The Bertz CT molecular complexity index is 722. The third-order valence-corrected chi connectivity index (χ3v) is 4.03. The number of nitrogens with one attached hydrogen (secondary N) is 2. The summed E-state index contributed by atoms with van der Waals surface area (Å²) >= 11 is 5.88. The second-order valence-electron chi connectivity index (χ2n) is 5.72. The smallest absolute Gasteiger partial charge is 0.309 e. The summed E-state index contributed by atoms with van der Waals surface area (Å²) in [5.74, 6) is -1.42. The molecule has 0 aliphatic heterocycles. The van der Waals surface area contributed by atoms with Crippen LogP contribution in [0.3, 0.4) is 0 Å². The number of halogens is 1. The number of hydrogen-bond donors (Lipinski definition) is 3. The summed E-state index contributed by atoms with van der Waals surface area (Å²) in [5, 5.41) is 15.8. The lowest BCUT2D eigenvalue weighted by Crippen LogP contribution is -2.41. The molecule has 132 valence electrons. The first-order valence-corrected chi connectivity index (χ1v) is 8.42. The topological polar surface area (TPSA) is 78.4 Å². The number of carbonyl (C=O) groups is 2. The Balaban J connectivity index is 1.77. The van der Waals surface area contributed by atoms with E-state index in [1.54, 1.807) is 24.3 Å². The molecule has 0 aromatic heterocycles. The van der Waals surface area contributed by atoms with Gasteiger partial charge in [-0.3, -0.25) is 9.59 Å². The fraction of sp³-hybridized carbons (Fsp3) is 0.263. The van der Waals surface area contributed by atoms with E-state index < -0.39 is 17.9 Å². The Morgan fingerprint density at radius 3 is 2.40 bits per heavy atom. The second kappa shape index (κ2) is 9.20. The Morgan fingerprint density at radius 2 is 1.72 bits per heavy atom. The Kier molecular flexibility index (Phi) is 6.98. The Hall–Kier alpha value is -2.37. The summed E-state index contributed by atoms with van der Waals surface area (Å²) in [4.78, 5) is 23.8. The average molecular weight is 361 g/mol. The van der Waals surface area contributed by atoms with Gasteiger partial charge in [0.15, 0.2) is 0 Å². The molecule has 0 aliphatic carbocycles. The molecule has 2 aromatic rings. The monoisotopic (exact) mass is 360 g/mol. The lowest BCUT2D eigenvalue weighted by atomic mass is 10.1. The number of aliphatic hydroxyl groups excluding tert-OH is 1. The van der Waals surface area contributed by atoms with E-state index in [-0.39, 0.29) is 19.0 Å². The molecule has 2 amide bonds. The maximum Gasteiger partial charge on any atom is 0.309 e. The lowest BCUT2D eigenvalue weighted by molar-refractivity contribution is -0.139. The van der Waals surface area contributed by atoms with Gasteiger partial charge in [-0.2, -0.15) is 0 Å². The van der Waals surface area contributed by atoms with Crippen molar-refractivity contribution in [3.05, 3.63) is 70.7 Å².